The highest BCUT2D eigenvalue weighted by atomic mass is 79.9. The zero-order chi connectivity index (χ0) is 11.5. The van der Waals surface area contributed by atoms with Gasteiger partial charge in [0.2, 0.25) is 0 Å². The normalized spacial score (nSPS) is 10.9. The first-order chi connectivity index (χ1) is 6.90. The molecule has 2 N–H and O–H groups in total. The average molecular weight is 269 g/mol. The molecule has 1 aromatic rings. The third kappa shape index (κ3) is 4.32. The predicted molar refractivity (Wildman–Crippen MR) is 63.6 cm³/mol. The zero-order valence-electron chi connectivity index (χ0n) is 8.71. The van der Waals surface area contributed by atoms with E-state index < -0.39 is 5.60 Å². The summed E-state index contributed by atoms with van der Waals surface area (Å²) in [6.45, 7) is 3.89. The summed E-state index contributed by atoms with van der Waals surface area (Å²) in [6.07, 6.45) is 0. The molecule has 15 heavy (non-hydrogen) atoms. The standard InChI is InChI=1S/C11H13BrN2O/c1-11(2,15)7-14-10-4-8(6-13)3-9(12)5-10/h3-5,14-15H,7H2,1-2H3. The van der Waals surface area contributed by atoms with Crippen molar-refractivity contribution in [1.29, 1.82) is 5.26 Å². The number of halogens is 1. The Morgan fingerprint density at radius 3 is 2.67 bits per heavy atom. The minimum atomic E-state index is -0.769. The van der Waals surface area contributed by atoms with Gasteiger partial charge in [0.1, 0.15) is 0 Å². The van der Waals surface area contributed by atoms with E-state index in [-0.39, 0.29) is 0 Å². The van der Waals surface area contributed by atoms with Crippen LogP contribution in [-0.4, -0.2) is 17.3 Å². The van der Waals surface area contributed by atoms with E-state index in [1.165, 1.54) is 0 Å². The highest BCUT2D eigenvalue weighted by Crippen LogP contribution is 2.19. The van der Waals surface area contributed by atoms with Crippen LogP contribution in [-0.2, 0) is 0 Å². The van der Waals surface area contributed by atoms with Crippen molar-refractivity contribution in [2.45, 2.75) is 19.4 Å². The number of nitrogens with one attached hydrogen (secondary N) is 1. The first-order valence-electron chi connectivity index (χ1n) is 4.58. The Morgan fingerprint density at radius 2 is 2.13 bits per heavy atom. The van der Waals surface area contributed by atoms with Crippen molar-refractivity contribution in [1.82, 2.24) is 0 Å². The van der Waals surface area contributed by atoms with Gasteiger partial charge in [-0.3, -0.25) is 0 Å². The number of hydrogen-bond donors (Lipinski definition) is 2. The zero-order valence-corrected chi connectivity index (χ0v) is 10.3. The monoisotopic (exact) mass is 268 g/mol. The fourth-order valence-corrected chi connectivity index (χ4v) is 1.57. The molecule has 3 nitrogen and oxygen atoms in total. The summed E-state index contributed by atoms with van der Waals surface area (Å²) < 4.78 is 0.847. The number of hydrogen-bond acceptors (Lipinski definition) is 3. The van der Waals surface area contributed by atoms with E-state index in [4.69, 9.17) is 5.26 Å². The maximum atomic E-state index is 9.54. The van der Waals surface area contributed by atoms with Crippen LogP contribution in [0.5, 0.6) is 0 Å². The second-order valence-electron chi connectivity index (χ2n) is 4.01. The quantitative estimate of drug-likeness (QED) is 0.886. The lowest BCUT2D eigenvalue weighted by molar-refractivity contribution is 0.0945. The van der Waals surface area contributed by atoms with Crippen LogP contribution in [0.25, 0.3) is 0 Å². The summed E-state index contributed by atoms with van der Waals surface area (Å²) in [5.41, 5.74) is 0.639. The summed E-state index contributed by atoms with van der Waals surface area (Å²) in [4.78, 5) is 0. The molecular weight excluding hydrogens is 256 g/mol. The average Bonchev–Trinajstić information content (AvgIpc) is 2.13. The SMILES string of the molecule is CC(C)(O)CNc1cc(Br)cc(C#N)c1. The Bertz CT molecular complexity index is 391. The first kappa shape index (κ1) is 12.0. The van der Waals surface area contributed by atoms with Gasteiger partial charge in [-0.05, 0) is 32.0 Å². The van der Waals surface area contributed by atoms with Crippen LogP contribution in [0.15, 0.2) is 22.7 Å². The Morgan fingerprint density at radius 1 is 1.47 bits per heavy atom. The molecule has 0 aromatic heterocycles. The number of rotatable bonds is 3. The Balaban J connectivity index is 2.78. The van der Waals surface area contributed by atoms with Crippen molar-refractivity contribution in [3.05, 3.63) is 28.2 Å². The van der Waals surface area contributed by atoms with Crippen LogP contribution in [0.3, 0.4) is 0 Å². The first-order valence-corrected chi connectivity index (χ1v) is 5.37. The van der Waals surface area contributed by atoms with E-state index in [1.54, 1.807) is 26.0 Å². The molecule has 0 spiro atoms. The molecule has 1 aromatic carbocycles. The topological polar surface area (TPSA) is 56.0 Å². The lowest BCUT2D eigenvalue weighted by Gasteiger charge is -2.18. The van der Waals surface area contributed by atoms with Crippen LogP contribution in [0.4, 0.5) is 5.69 Å². The second-order valence-corrected chi connectivity index (χ2v) is 4.92. The number of nitriles is 1. The van der Waals surface area contributed by atoms with Gasteiger partial charge in [0, 0.05) is 16.7 Å². The number of nitrogens with zero attached hydrogens (tertiary/aromatic N) is 1. The minimum Gasteiger partial charge on any atom is -0.389 e. The van der Waals surface area contributed by atoms with E-state index in [0.29, 0.717) is 12.1 Å². The molecule has 0 bridgehead atoms. The van der Waals surface area contributed by atoms with Crippen molar-refractivity contribution in [2.75, 3.05) is 11.9 Å². The fraction of sp³-hybridized carbons (Fsp3) is 0.364. The molecular formula is C11H13BrN2O. The smallest absolute Gasteiger partial charge is 0.0992 e. The molecule has 0 unspecified atom stereocenters. The van der Waals surface area contributed by atoms with Gasteiger partial charge in [-0.15, -0.1) is 0 Å². The van der Waals surface area contributed by atoms with Crippen LogP contribution >= 0.6 is 15.9 Å². The highest BCUT2D eigenvalue weighted by molar-refractivity contribution is 9.10. The van der Waals surface area contributed by atoms with Crippen molar-refractivity contribution in [3.8, 4) is 6.07 Å². The van der Waals surface area contributed by atoms with E-state index in [9.17, 15) is 5.11 Å². The molecule has 4 heteroatoms. The summed E-state index contributed by atoms with van der Waals surface area (Å²) in [6, 6.07) is 7.43. The number of benzene rings is 1. The molecule has 0 aliphatic carbocycles. The van der Waals surface area contributed by atoms with E-state index in [2.05, 4.69) is 27.3 Å². The maximum Gasteiger partial charge on any atom is 0.0992 e. The third-order valence-electron chi connectivity index (χ3n) is 1.75. The van der Waals surface area contributed by atoms with Crippen LogP contribution in [0, 0.1) is 11.3 Å². The van der Waals surface area contributed by atoms with Crippen LogP contribution < -0.4 is 5.32 Å². The second kappa shape index (κ2) is 4.65. The summed E-state index contributed by atoms with van der Waals surface area (Å²) in [5.74, 6) is 0. The van der Waals surface area contributed by atoms with Gasteiger partial charge in [-0.25, -0.2) is 0 Å². The van der Waals surface area contributed by atoms with E-state index >= 15 is 0 Å². The molecule has 0 radical (unpaired) electrons. The predicted octanol–water partition coefficient (Wildman–Crippen LogP) is 2.50. The van der Waals surface area contributed by atoms with E-state index in [1.807, 2.05) is 6.07 Å². The summed E-state index contributed by atoms with van der Waals surface area (Å²) in [5, 5.41) is 21.4. The Kier molecular flexibility index (Phi) is 3.72. The minimum absolute atomic E-state index is 0.439. The largest absolute Gasteiger partial charge is 0.389 e. The highest BCUT2D eigenvalue weighted by Gasteiger charge is 2.11. The van der Waals surface area contributed by atoms with Crippen molar-refractivity contribution in [2.24, 2.45) is 0 Å². The van der Waals surface area contributed by atoms with E-state index in [0.717, 1.165) is 10.2 Å². The molecule has 0 fully saturated rings. The molecule has 80 valence electrons. The van der Waals surface area contributed by atoms with Crippen LogP contribution in [0.1, 0.15) is 19.4 Å². The summed E-state index contributed by atoms with van der Waals surface area (Å²) in [7, 11) is 0. The Labute approximate surface area is 97.9 Å². The van der Waals surface area contributed by atoms with Gasteiger partial charge in [-0.1, -0.05) is 15.9 Å². The van der Waals surface area contributed by atoms with Crippen molar-refractivity contribution in [3.63, 3.8) is 0 Å². The Hall–Kier alpha value is -1.05. The molecule has 0 saturated carbocycles. The van der Waals surface area contributed by atoms with Gasteiger partial charge in [0.25, 0.3) is 0 Å². The molecule has 0 atom stereocenters. The lowest BCUT2D eigenvalue weighted by atomic mass is 10.1. The van der Waals surface area contributed by atoms with Gasteiger partial charge >= 0.3 is 0 Å². The molecule has 0 aliphatic heterocycles. The lowest BCUT2D eigenvalue weighted by Crippen LogP contribution is -2.29. The number of aliphatic hydroxyl groups is 1. The number of anilines is 1. The van der Waals surface area contributed by atoms with Crippen molar-refractivity contribution < 1.29 is 5.11 Å². The molecule has 0 heterocycles. The summed E-state index contributed by atoms with van der Waals surface area (Å²) >= 11 is 3.32. The molecule has 1 rings (SSSR count). The van der Waals surface area contributed by atoms with Crippen molar-refractivity contribution >= 4 is 21.6 Å². The molecule has 0 saturated heterocycles. The third-order valence-corrected chi connectivity index (χ3v) is 2.21. The molecule has 0 aliphatic rings. The molecule has 0 amide bonds. The van der Waals surface area contributed by atoms with Gasteiger partial charge in [-0.2, -0.15) is 5.26 Å². The van der Waals surface area contributed by atoms with Gasteiger partial charge in [0.15, 0.2) is 0 Å². The van der Waals surface area contributed by atoms with Crippen LogP contribution in [0.2, 0.25) is 0 Å². The fourth-order valence-electron chi connectivity index (χ4n) is 1.07. The van der Waals surface area contributed by atoms with Gasteiger partial charge < -0.3 is 10.4 Å². The van der Waals surface area contributed by atoms with Gasteiger partial charge in [0.05, 0.1) is 17.2 Å². The maximum absolute atomic E-state index is 9.54.